The Balaban J connectivity index is 1.70. The van der Waals surface area contributed by atoms with Crippen LogP contribution < -0.4 is 4.74 Å². The van der Waals surface area contributed by atoms with Gasteiger partial charge in [0.15, 0.2) is 6.61 Å². The Bertz CT molecular complexity index is 802. The second-order valence-electron chi connectivity index (χ2n) is 5.71. The zero-order valence-corrected chi connectivity index (χ0v) is 15.7. The Morgan fingerprint density at radius 2 is 1.77 bits per heavy atom. The minimum Gasteiger partial charge on any atom is -0.484 e. The van der Waals surface area contributed by atoms with E-state index in [1.807, 2.05) is 48.5 Å². The van der Waals surface area contributed by atoms with Crippen LogP contribution in [0.1, 0.15) is 11.1 Å². The summed E-state index contributed by atoms with van der Waals surface area (Å²) in [5.41, 5.74) is 1.98. The van der Waals surface area contributed by atoms with Crippen LogP contribution in [0.3, 0.4) is 0 Å². The van der Waals surface area contributed by atoms with Crippen LogP contribution in [0.25, 0.3) is 0 Å². The van der Waals surface area contributed by atoms with Crippen LogP contribution >= 0.6 is 15.9 Å². The molecule has 0 spiro atoms. The van der Waals surface area contributed by atoms with Crippen LogP contribution in [0, 0.1) is 0 Å². The van der Waals surface area contributed by atoms with E-state index in [1.54, 1.807) is 29.7 Å². The van der Waals surface area contributed by atoms with E-state index in [1.165, 1.54) is 0 Å². The number of aromatic nitrogens is 2. The van der Waals surface area contributed by atoms with E-state index in [9.17, 15) is 4.79 Å². The maximum atomic E-state index is 12.8. The van der Waals surface area contributed by atoms with Gasteiger partial charge in [-0.05, 0) is 47.5 Å². The van der Waals surface area contributed by atoms with Crippen molar-refractivity contribution < 1.29 is 9.53 Å². The lowest BCUT2D eigenvalue weighted by molar-refractivity contribution is -0.134. The maximum Gasteiger partial charge on any atom is 0.261 e. The number of benzene rings is 1. The molecule has 0 aliphatic carbocycles. The summed E-state index contributed by atoms with van der Waals surface area (Å²) in [6.07, 6.45) is 6.93. The van der Waals surface area contributed by atoms with Gasteiger partial charge in [-0.1, -0.05) is 28.1 Å². The molecular weight excluding hydrogens is 394 g/mol. The van der Waals surface area contributed by atoms with Gasteiger partial charge in [-0.15, -0.1) is 0 Å². The van der Waals surface area contributed by atoms with Crippen molar-refractivity contribution in [2.24, 2.45) is 0 Å². The molecule has 1 aromatic carbocycles. The molecular formula is C20H18BrN3O2. The Kier molecular flexibility index (Phi) is 6.33. The molecule has 0 aliphatic rings. The number of rotatable bonds is 7. The van der Waals surface area contributed by atoms with Gasteiger partial charge in [-0.25, -0.2) is 0 Å². The van der Waals surface area contributed by atoms with E-state index in [4.69, 9.17) is 4.74 Å². The molecule has 2 heterocycles. The van der Waals surface area contributed by atoms with Crippen LogP contribution in [0.4, 0.5) is 0 Å². The molecule has 5 nitrogen and oxygen atoms in total. The number of nitrogens with zero attached hydrogens (tertiary/aromatic N) is 3. The van der Waals surface area contributed by atoms with Crippen molar-refractivity contribution in [2.45, 2.75) is 13.1 Å². The highest BCUT2D eigenvalue weighted by atomic mass is 79.9. The van der Waals surface area contributed by atoms with Crippen molar-refractivity contribution in [3.8, 4) is 5.75 Å². The van der Waals surface area contributed by atoms with Gasteiger partial charge >= 0.3 is 0 Å². The third-order valence-corrected chi connectivity index (χ3v) is 4.22. The third kappa shape index (κ3) is 5.39. The number of halogens is 1. The average Bonchev–Trinajstić information content (AvgIpc) is 2.67. The number of carbonyl (C=O) groups is 1. The van der Waals surface area contributed by atoms with E-state index < -0.39 is 0 Å². The van der Waals surface area contributed by atoms with Gasteiger partial charge in [0.05, 0.1) is 0 Å². The SMILES string of the molecule is O=C(COc1cccc(Br)c1)N(Cc1ccncc1)Cc1cccnc1. The predicted molar refractivity (Wildman–Crippen MR) is 102 cm³/mol. The van der Waals surface area contributed by atoms with Gasteiger partial charge in [0.1, 0.15) is 5.75 Å². The molecule has 3 aromatic rings. The summed E-state index contributed by atoms with van der Waals surface area (Å²) in [6, 6.07) is 15.1. The normalized spacial score (nSPS) is 10.3. The number of hydrogen-bond donors (Lipinski definition) is 0. The van der Waals surface area contributed by atoms with Crippen LogP contribution in [-0.2, 0) is 17.9 Å². The Labute approximate surface area is 160 Å². The van der Waals surface area contributed by atoms with E-state index in [0.717, 1.165) is 15.6 Å². The fourth-order valence-electron chi connectivity index (χ4n) is 2.45. The Hall–Kier alpha value is -2.73. The van der Waals surface area contributed by atoms with Crippen molar-refractivity contribution >= 4 is 21.8 Å². The Morgan fingerprint density at radius 1 is 0.962 bits per heavy atom. The molecule has 0 aliphatic heterocycles. The van der Waals surface area contributed by atoms with E-state index in [0.29, 0.717) is 18.8 Å². The van der Waals surface area contributed by atoms with Crippen molar-refractivity contribution in [3.05, 3.63) is 88.9 Å². The highest BCUT2D eigenvalue weighted by Crippen LogP contribution is 2.18. The standard InChI is InChI=1S/C20H18BrN3O2/c21-18-4-1-5-19(11-18)26-15-20(25)24(13-16-6-9-22-10-7-16)14-17-3-2-8-23-12-17/h1-12H,13-15H2. The number of pyridine rings is 2. The lowest BCUT2D eigenvalue weighted by Gasteiger charge is -2.23. The zero-order chi connectivity index (χ0) is 18.2. The van der Waals surface area contributed by atoms with E-state index in [2.05, 4.69) is 25.9 Å². The number of amides is 1. The minimum atomic E-state index is -0.0920. The molecule has 26 heavy (non-hydrogen) atoms. The number of hydrogen-bond acceptors (Lipinski definition) is 4. The molecule has 0 N–H and O–H groups in total. The highest BCUT2D eigenvalue weighted by Gasteiger charge is 2.16. The lowest BCUT2D eigenvalue weighted by atomic mass is 10.2. The fraction of sp³-hybridized carbons (Fsp3) is 0.150. The first-order valence-electron chi connectivity index (χ1n) is 8.14. The number of ether oxygens (including phenoxy) is 1. The summed E-state index contributed by atoms with van der Waals surface area (Å²) in [7, 11) is 0. The summed E-state index contributed by atoms with van der Waals surface area (Å²) < 4.78 is 6.56. The van der Waals surface area contributed by atoms with Gasteiger partial charge in [0, 0.05) is 42.3 Å². The van der Waals surface area contributed by atoms with Gasteiger partial charge in [0.25, 0.3) is 5.91 Å². The molecule has 0 unspecified atom stereocenters. The summed E-state index contributed by atoms with van der Waals surface area (Å²) in [5, 5.41) is 0. The smallest absolute Gasteiger partial charge is 0.261 e. The van der Waals surface area contributed by atoms with Crippen LogP contribution in [-0.4, -0.2) is 27.4 Å². The second-order valence-corrected chi connectivity index (χ2v) is 6.63. The van der Waals surface area contributed by atoms with Gasteiger partial charge < -0.3 is 9.64 Å². The topological polar surface area (TPSA) is 55.3 Å². The number of carbonyl (C=O) groups excluding carboxylic acids is 1. The summed E-state index contributed by atoms with van der Waals surface area (Å²) in [4.78, 5) is 22.7. The van der Waals surface area contributed by atoms with E-state index >= 15 is 0 Å². The van der Waals surface area contributed by atoms with Crippen LogP contribution in [0.15, 0.2) is 77.8 Å². The van der Waals surface area contributed by atoms with Gasteiger partial charge in [-0.2, -0.15) is 0 Å². The quantitative estimate of drug-likeness (QED) is 0.592. The van der Waals surface area contributed by atoms with E-state index in [-0.39, 0.29) is 12.5 Å². The van der Waals surface area contributed by atoms with Gasteiger partial charge in [-0.3, -0.25) is 14.8 Å². The Morgan fingerprint density at radius 3 is 2.50 bits per heavy atom. The molecule has 3 rings (SSSR count). The van der Waals surface area contributed by atoms with Crippen molar-refractivity contribution in [1.82, 2.24) is 14.9 Å². The maximum absolute atomic E-state index is 12.8. The largest absolute Gasteiger partial charge is 0.484 e. The van der Waals surface area contributed by atoms with Crippen molar-refractivity contribution in [1.29, 1.82) is 0 Å². The summed E-state index contributed by atoms with van der Waals surface area (Å²) >= 11 is 3.40. The molecule has 0 bridgehead atoms. The summed E-state index contributed by atoms with van der Waals surface area (Å²) in [5.74, 6) is 0.559. The van der Waals surface area contributed by atoms with Gasteiger partial charge in [0.2, 0.25) is 0 Å². The highest BCUT2D eigenvalue weighted by molar-refractivity contribution is 9.10. The average molecular weight is 412 g/mol. The first-order chi connectivity index (χ1) is 12.7. The monoisotopic (exact) mass is 411 g/mol. The molecule has 0 saturated carbocycles. The molecule has 0 fully saturated rings. The summed E-state index contributed by atoms with van der Waals surface area (Å²) in [6.45, 7) is 0.927. The molecule has 2 aromatic heterocycles. The molecule has 1 amide bonds. The predicted octanol–water partition coefficient (Wildman–Crippen LogP) is 3.85. The minimum absolute atomic E-state index is 0.0260. The molecule has 6 heteroatoms. The molecule has 0 atom stereocenters. The second kappa shape index (κ2) is 9.10. The van der Waals surface area contributed by atoms with Crippen LogP contribution in [0.5, 0.6) is 5.75 Å². The first kappa shape index (κ1) is 18.1. The lowest BCUT2D eigenvalue weighted by Crippen LogP contribution is -2.34. The van der Waals surface area contributed by atoms with Crippen LogP contribution in [0.2, 0.25) is 0 Å². The zero-order valence-electron chi connectivity index (χ0n) is 14.1. The third-order valence-electron chi connectivity index (χ3n) is 3.73. The fourth-order valence-corrected chi connectivity index (χ4v) is 2.82. The van der Waals surface area contributed by atoms with Crippen molar-refractivity contribution in [3.63, 3.8) is 0 Å². The molecule has 0 radical (unpaired) electrons. The van der Waals surface area contributed by atoms with Crippen molar-refractivity contribution in [2.75, 3.05) is 6.61 Å². The molecule has 132 valence electrons. The first-order valence-corrected chi connectivity index (χ1v) is 8.94. The molecule has 0 saturated heterocycles.